The number of imidazole rings is 1. The summed E-state index contributed by atoms with van der Waals surface area (Å²) in [6.07, 6.45) is 4.88. The second kappa shape index (κ2) is 7.86. The maximum Gasteiger partial charge on any atom is 0.255 e. The lowest BCUT2D eigenvalue weighted by atomic mass is 9.92. The molecule has 7 nitrogen and oxygen atoms in total. The van der Waals surface area contributed by atoms with Crippen molar-refractivity contribution in [2.24, 2.45) is 13.0 Å². The minimum Gasteiger partial charge on any atom is -0.369 e. The predicted octanol–water partition coefficient (Wildman–Crippen LogP) is 1.69. The molecule has 1 saturated heterocycles. The molecule has 3 rings (SSSR count). The molecule has 7 heteroatoms. The Morgan fingerprint density at radius 3 is 3.00 bits per heavy atom. The van der Waals surface area contributed by atoms with Gasteiger partial charge in [0.15, 0.2) is 0 Å². The minimum absolute atomic E-state index is 0.0803. The van der Waals surface area contributed by atoms with Crippen molar-refractivity contribution >= 4 is 5.91 Å². The topological polar surface area (TPSA) is 78.2 Å². The molecule has 2 aromatic rings. The summed E-state index contributed by atoms with van der Waals surface area (Å²) in [5.74, 6) is 0.396. The highest BCUT2D eigenvalue weighted by molar-refractivity contribution is 5.79. The highest BCUT2D eigenvalue weighted by atomic mass is 16.5. The summed E-state index contributed by atoms with van der Waals surface area (Å²) in [5, 5.41) is 2.92. The van der Waals surface area contributed by atoms with E-state index in [4.69, 9.17) is 4.74 Å². The first-order valence-corrected chi connectivity index (χ1v) is 9.08. The molecule has 1 N–H and O–H groups in total. The van der Waals surface area contributed by atoms with Crippen LogP contribution in [0.25, 0.3) is 0 Å². The van der Waals surface area contributed by atoms with Crippen LogP contribution in [0.4, 0.5) is 0 Å². The van der Waals surface area contributed by atoms with E-state index in [1.54, 1.807) is 23.9 Å². The molecule has 0 spiro atoms. The van der Waals surface area contributed by atoms with Crippen molar-refractivity contribution in [3.8, 4) is 0 Å². The lowest BCUT2D eigenvalue weighted by Crippen LogP contribution is -2.39. The lowest BCUT2D eigenvalue weighted by molar-refractivity contribution is -0.135. The van der Waals surface area contributed by atoms with Crippen molar-refractivity contribution in [1.29, 1.82) is 0 Å². The number of aromatic nitrogens is 3. The zero-order chi connectivity index (χ0) is 18.7. The number of rotatable bonds is 5. The normalized spacial score (nSPS) is 20.1. The van der Waals surface area contributed by atoms with E-state index in [-0.39, 0.29) is 30.0 Å². The average molecular weight is 358 g/mol. The van der Waals surface area contributed by atoms with Crippen LogP contribution in [0.1, 0.15) is 43.0 Å². The molecule has 0 aromatic carbocycles. The lowest BCUT2D eigenvalue weighted by Gasteiger charge is -2.30. The number of hydrogen-bond donors (Lipinski definition) is 1. The number of nitrogens with one attached hydrogen (secondary N) is 1. The van der Waals surface area contributed by atoms with Crippen LogP contribution in [0.15, 0.2) is 29.3 Å². The molecule has 1 aliphatic rings. The number of carbonyl (C=O) groups is 1. The van der Waals surface area contributed by atoms with Crippen LogP contribution in [-0.4, -0.2) is 26.6 Å². The summed E-state index contributed by atoms with van der Waals surface area (Å²) < 4.78 is 9.49. The van der Waals surface area contributed by atoms with Gasteiger partial charge in [0.1, 0.15) is 11.9 Å². The Kier molecular flexibility index (Phi) is 5.56. The number of hydrogen-bond acceptors (Lipinski definition) is 4. The molecule has 26 heavy (non-hydrogen) atoms. The molecule has 1 fully saturated rings. The van der Waals surface area contributed by atoms with E-state index in [0.29, 0.717) is 12.2 Å². The number of nitrogens with zero attached hydrogens (tertiary/aromatic N) is 3. The first kappa shape index (κ1) is 18.4. The maximum absolute atomic E-state index is 12.8. The summed E-state index contributed by atoms with van der Waals surface area (Å²) in [4.78, 5) is 29.5. The van der Waals surface area contributed by atoms with Crippen LogP contribution in [0.5, 0.6) is 0 Å². The molecule has 1 aliphatic heterocycles. The number of amides is 1. The molecule has 0 aliphatic carbocycles. The highest BCUT2D eigenvalue weighted by Gasteiger charge is 2.35. The Morgan fingerprint density at radius 2 is 2.23 bits per heavy atom. The third kappa shape index (κ3) is 3.58. The predicted molar refractivity (Wildman–Crippen MR) is 97.6 cm³/mol. The Morgan fingerprint density at radius 1 is 1.42 bits per heavy atom. The summed E-state index contributed by atoms with van der Waals surface area (Å²) in [6.45, 7) is 5.55. The summed E-state index contributed by atoms with van der Waals surface area (Å²) in [5.41, 5.74) is 1.38. The standard InChI is InChI=1S/C19H26N4O3/c1-4-23-10-9-20-17(23)16-15(6-5-11-26-16)18(24)21-12-14-8-7-13(2)22(3)19(14)25/h7-10,15-16H,4-6,11-12H2,1-3H3,(H,21,24)/t15-,16-/m1/s1. The molecule has 0 saturated carbocycles. The second-order valence-electron chi connectivity index (χ2n) is 6.69. The summed E-state index contributed by atoms with van der Waals surface area (Å²) in [7, 11) is 1.73. The van der Waals surface area contributed by atoms with Crippen molar-refractivity contribution < 1.29 is 9.53 Å². The molecular weight excluding hydrogens is 332 g/mol. The van der Waals surface area contributed by atoms with Gasteiger partial charge >= 0.3 is 0 Å². The molecule has 3 heterocycles. The number of carbonyl (C=O) groups excluding carboxylic acids is 1. The Balaban J connectivity index is 1.73. The van der Waals surface area contributed by atoms with E-state index in [2.05, 4.69) is 10.3 Å². The van der Waals surface area contributed by atoms with Crippen LogP contribution < -0.4 is 10.9 Å². The smallest absolute Gasteiger partial charge is 0.255 e. The second-order valence-corrected chi connectivity index (χ2v) is 6.69. The fourth-order valence-electron chi connectivity index (χ4n) is 3.38. The largest absolute Gasteiger partial charge is 0.369 e. The van der Waals surface area contributed by atoms with E-state index in [0.717, 1.165) is 30.9 Å². The van der Waals surface area contributed by atoms with Crippen LogP contribution in [0.2, 0.25) is 0 Å². The summed E-state index contributed by atoms with van der Waals surface area (Å²) >= 11 is 0. The molecule has 140 valence electrons. The first-order valence-electron chi connectivity index (χ1n) is 9.08. The highest BCUT2D eigenvalue weighted by Crippen LogP contribution is 2.33. The van der Waals surface area contributed by atoms with Gasteiger partial charge in [-0.3, -0.25) is 9.59 Å². The third-order valence-electron chi connectivity index (χ3n) is 5.09. The van der Waals surface area contributed by atoms with Gasteiger partial charge in [-0.25, -0.2) is 4.98 Å². The van der Waals surface area contributed by atoms with Gasteiger partial charge in [-0.1, -0.05) is 6.07 Å². The van der Waals surface area contributed by atoms with Crippen molar-refractivity contribution in [1.82, 2.24) is 19.4 Å². The minimum atomic E-state index is -0.348. The maximum atomic E-state index is 12.8. The van der Waals surface area contributed by atoms with Crippen molar-refractivity contribution in [3.63, 3.8) is 0 Å². The zero-order valence-corrected chi connectivity index (χ0v) is 15.6. The van der Waals surface area contributed by atoms with Gasteiger partial charge in [-0.05, 0) is 32.8 Å². The average Bonchev–Trinajstić information content (AvgIpc) is 3.14. The molecule has 0 unspecified atom stereocenters. The molecular formula is C19H26N4O3. The van der Waals surface area contributed by atoms with Crippen LogP contribution in [0, 0.1) is 12.8 Å². The van der Waals surface area contributed by atoms with Gasteiger partial charge in [-0.2, -0.15) is 0 Å². The van der Waals surface area contributed by atoms with Crippen molar-refractivity contribution in [2.45, 2.75) is 45.9 Å². The first-order chi connectivity index (χ1) is 12.5. The number of aryl methyl sites for hydroxylation is 2. The Bertz CT molecular complexity index is 840. The molecule has 2 aromatic heterocycles. The van der Waals surface area contributed by atoms with E-state index in [1.807, 2.05) is 30.7 Å². The van der Waals surface area contributed by atoms with Crippen LogP contribution in [0.3, 0.4) is 0 Å². The van der Waals surface area contributed by atoms with Gasteiger partial charge in [0, 0.05) is 50.4 Å². The van der Waals surface area contributed by atoms with Gasteiger partial charge in [0.25, 0.3) is 5.56 Å². The number of pyridine rings is 1. The van der Waals surface area contributed by atoms with Crippen LogP contribution in [-0.2, 0) is 29.7 Å². The van der Waals surface area contributed by atoms with E-state index >= 15 is 0 Å². The van der Waals surface area contributed by atoms with E-state index < -0.39 is 0 Å². The van der Waals surface area contributed by atoms with Crippen molar-refractivity contribution in [3.05, 3.63) is 52.0 Å². The molecule has 0 radical (unpaired) electrons. The van der Waals surface area contributed by atoms with E-state index in [9.17, 15) is 9.59 Å². The quantitative estimate of drug-likeness (QED) is 0.882. The fraction of sp³-hybridized carbons (Fsp3) is 0.526. The Hall–Kier alpha value is -2.41. The molecule has 1 amide bonds. The molecule has 2 atom stereocenters. The zero-order valence-electron chi connectivity index (χ0n) is 15.6. The Labute approximate surface area is 153 Å². The van der Waals surface area contributed by atoms with Gasteiger partial charge in [-0.15, -0.1) is 0 Å². The van der Waals surface area contributed by atoms with Crippen molar-refractivity contribution in [2.75, 3.05) is 6.61 Å². The van der Waals surface area contributed by atoms with Gasteiger partial charge in [0.2, 0.25) is 5.91 Å². The van der Waals surface area contributed by atoms with Gasteiger partial charge < -0.3 is 19.2 Å². The molecule has 0 bridgehead atoms. The third-order valence-corrected chi connectivity index (χ3v) is 5.09. The van der Waals surface area contributed by atoms with E-state index in [1.165, 1.54) is 0 Å². The monoisotopic (exact) mass is 358 g/mol. The summed E-state index contributed by atoms with van der Waals surface area (Å²) in [6, 6.07) is 3.66. The van der Waals surface area contributed by atoms with Crippen LogP contribution >= 0.6 is 0 Å². The fourth-order valence-corrected chi connectivity index (χ4v) is 3.38. The SMILES string of the molecule is CCn1ccnc1[C@@H]1OCCC[C@H]1C(=O)NCc1ccc(C)n(C)c1=O. The number of ether oxygens (including phenoxy) is 1. The van der Waals surface area contributed by atoms with Gasteiger partial charge in [0.05, 0.1) is 5.92 Å².